The standard InChI is InChI=1S/C20H31FO5S2/c1-19-8-6-14-13-7-9-20(21,23)10-12(13)2-3-15(14)16(19)4-5-17(19)18(22)11-27-28(24,25)26/h12-17,23H,2-11H2,1H3,(H,24,25,26)/t12-,13+,14-,15-,16+,17-,19+,20-/m1/s1. The molecule has 5 nitrogen and oxygen atoms in total. The monoisotopic (exact) mass is 434 g/mol. The van der Waals surface area contributed by atoms with E-state index in [4.69, 9.17) is 4.55 Å². The summed E-state index contributed by atoms with van der Waals surface area (Å²) in [6.07, 6.45) is 7.07. The minimum Gasteiger partial charge on any atom is -0.362 e. The SMILES string of the molecule is C[C@]12CC[C@H]3[C@@H](CC[C@@H]4C[C@@](O)(F)CC[C@@H]43)[C@@H]1CC[C@@H]2C(=O)CSS(=O)(=O)O. The van der Waals surface area contributed by atoms with E-state index in [0.717, 1.165) is 44.9 Å². The summed E-state index contributed by atoms with van der Waals surface area (Å²) in [6.45, 7) is 2.20. The fourth-order valence-corrected chi connectivity index (χ4v) is 8.85. The van der Waals surface area contributed by atoms with Crippen molar-refractivity contribution in [3.8, 4) is 0 Å². The van der Waals surface area contributed by atoms with Gasteiger partial charge in [0.1, 0.15) is 5.78 Å². The maximum atomic E-state index is 14.1. The molecular weight excluding hydrogens is 403 g/mol. The van der Waals surface area contributed by atoms with Crippen LogP contribution in [0.25, 0.3) is 0 Å². The largest absolute Gasteiger partial charge is 0.362 e. The number of carbonyl (C=O) groups excluding carboxylic acids is 1. The number of Topliss-reactive ketones (excluding diaryl/α,β-unsaturated/α-hetero) is 1. The van der Waals surface area contributed by atoms with E-state index in [1.807, 2.05) is 0 Å². The number of fused-ring (bicyclic) bond motifs is 5. The first-order valence-corrected chi connectivity index (χ1v) is 13.5. The van der Waals surface area contributed by atoms with Crippen LogP contribution in [0.5, 0.6) is 0 Å². The summed E-state index contributed by atoms with van der Waals surface area (Å²) in [5.74, 6) is -0.0158. The molecule has 0 saturated heterocycles. The van der Waals surface area contributed by atoms with Crippen molar-refractivity contribution in [3.05, 3.63) is 0 Å². The van der Waals surface area contributed by atoms with Gasteiger partial charge >= 0.3 is 9.15 Å². The Morgan fingerprint density at radius 3 is 2.50 bits per heavy atom. The molecule has 0 bridgehead atoms. The van der Waals surface area contributed by atoms with E-state index in [9.17, 15) is 22.7 Å². The maximum absolute atomic E-state index is 14.1. The predicted molar refractivity (Wildman–Crippen MR) is 106 cm³/mol. The lowest BCUT2D eigenvalue weighted by molar-refractivity contribution is -0.165. The topological polar surface area (TPSA) is 91.7 Å². The predicted octanol–water partition coefficient (Wildman–Crippen LogP) is 4.02. The zero-order valence-corrected chi connectivity index (χ0v) is 18.0. The molecule has 0 heterocycles. The smallest absolute Gasteiger partial charge is 0.320 e. The van der Waals surface area contributed by atoms with E-state index in [0.29, 0.717) is 34.5 Å². The Balaban J connectivity index is 1.47. The molecule has 160 valence electrons. The Labute approximate surface area is 170 Å². The maximum Gasteiger partial charge on any atom is 0.320 e. The van der Waals surface area contributed by atoms with Crippen molar-refractivity contribution in [1.29, 1.82) is 0 Å². The van der Waals surface area contributed by atoms with E-state index < -0.39 is 15.0 Å². The molecule has 28 heavy (non-hydrogen) atoms. The molecule has 4 rings (SSSR count). The second-order valence-electron chi connectivity index (χ2n) is 9.93. The number of rotatable bonds is 4. The second-order valence-corrected chi connectivity index (χ2v) is 13.3. The van der Waals surface area contributed by atoms with Crippen LogP contribution >= 0.6 is 10.8 Å². The molecule has 0 amide bonds. The third-order valence-electron chi connectivity index (χ3n) is 8.69. The molecule has 0 radical (unpaired) electrons. The number of aliphatic hydroxyl groups is 1. The summed E-state index contributed by atoms with van der Waals surface area (Å²) in [7, 11) is -3.87. The number of ketones is 1. The number of hydrogen-bond donors (Lipinski definition) is 2. The first kappa shape index (κ1) is 21.1. The Hall–Kier alpha value is -0.180. The van der Waals surface area contributed by atoms with Gasteiger partial charge in [-0.2, -0.15) is 8.42 Å². The molecule has 4 aliphatic rings. The molecule has 4 saturated carbocycles. The van der Waals surface area contributed by atoms with Gasteiger partial charge in [0.05, 0.1) is 5.75 Å². The van der Waals surface area contributed by atoms with E-state index in [-0.39, 0.29) is 41.6 Å². The molecule has 0 spiro atoms. The summed E-state index contributed by atoms with van der Waals surface area (Å²) < 4.78 is 45.0. The lowest BCUT2D eigenvalue weighted by atomic mass is 9.49. The summed E-state index contributed by atoms with van der Waals surface area (Å²) >= 11 is 0. The fourth-order valence-electron chi connectivity index (χ4n) is 7.59. The molecule has 4 aliphatic carbocycles. The Morgan fingerprint density at radius 1 is 1.07 bits per heavy atom. The van der Waals surface area contributed by atoms with Gasteiger partial charge in [0.25, 0.3) is 0 Å². The number of carbonyl (C=O) groups is 1. The first-order chi connectivity index (χ1) is 13.0. The molecule has 8 heteroatoms. The molecule has 0 aromatic heterocycles. The summed E-state index contributed by atoms with van der Waals surface area (Å²) in [6, 6.07) is 0. The highest BCUT2D eigenvalue weighted by Gasteiger charge is 2.59. The lowest BCUT2D eigenvalue weighted by Gasteiger charge is -2.56. The van der Waals surface area contributed by atoms with Gasteiger partial charge in [0.15, 0.2) is 0 Å². The Morgan fingerprint density at radius 2 is 1.79 bits per heavy atom. The molecular formula is C20H31FO5S2. The van der Waals surface area contributed by atoms with Gasteiger partial charge < -0.3 is 5.11 Å². The zero-order valence-electron chi connectivity index (χ0n) is 16.3. The van der Waals surface area contributed by atoms with E-state index in [2.05, 4.69) is 6.92 Å². The first-order valence-electron chi connectivity index (χ1n) is 10.6. The van der Waals surface area contributed by atoms with E-state index >= 15 is 0 Å². The Bertz CT molecular complexity index is 739. The zero-order chi connectivity index (χ0) is 20.3. The Kier molecular flexibility index (Phi) is 5.42. The third kappa shape index (κ3) is 3.79. The molecule has 8 atom stereocenters. The quantitative estimate of drug-likeness (QED) is 0.513. The van der Waals surface area contributed by atoms with E-state index in [1.165, 1.54) is 0 Å². The van der Waals surface area contributed by atoms with Crippen LogP contribution in [0.1, 0.15) is 64.7 Å². The van der Waals surface area contributed by atoms with E-state index in [1.54, 1.807) is 0 Å². The fraction of sp³-hybridized carbons (Fsp3) is 0.950. The summed E-state index contributed by atoms with van der Waals surface area (Å²) in [5, 5.41) is 9.84. The van der Waals surface area contributed by atoms with Gasteiger partial charge in [-0.05, 0) is 80.0 Å². The van der Waals surface area contributed by atoms with Gasteiger partial charge in [-0.25, -0.2) is 4.39 Å². The van der Waals surface area contributed by atoms with Crippen molar-refractivity contribution in [2.45, 2.75) is 70.6 Å². The highest BCUT2D eigenvalue weighted by molar-refractivity contribution is 8.70. The van der Waals surface area contributed by atoms with Crippen LogP contribution in [0.3, 0.4) is 0 Å². The minimum absolute atomic E-state index is 0.0556. The average Bonchev–Trinajstić information content (AvgIpc) is 2.95. The van der Waals surface area contributed by atoms with Crippen LogP contribution in [-0.2, 0) is 13.9 Å². The van der Waals surface area contributed by atoms with Crippen LogP contribution in [0.15, 0.2) is 0 Å². The molecule has 2 N–H and O–H groups in total. The van der Waals surface area contributed by atoms with Gasteiger partial charge in [0, 0.05) is 29.6 Å². The van der Waals surface area contributed by atoms with Crippen molar-refractivity contribution in [2.24, 2.45) is 40.9 Å². The molecule has 0 aromatic rings. The van der Waals surface area contributed by atoms with Gasteiger partial charge in [-0.1, -0.05) is 6.92 Å². The third-order valence-corrected chi connectivity index (χ3v) is 10.6. The number of alkyl halides is 1. The minimum atomic E-state index is -4.19. The number of hydrogen-bond acceptors (Lipinski definition) is 5. The summed E-state index contributed by atoms with van der Waals surface area (Å²) in [5.41, 5.74) is -0.0969. The lowest BCUT2D eigenvalue weighted by Crippen LogP contribution is -2.51. The van der Waals surface area contributed by atoms with Crippen LogP contribution in [0.2, 0.25) is 0 Å². The molecule has 0 aliphatic heterocycles. The average molecular weight is 435 g/mol. The van der Waals surface area contributed by atoms with Gasteiger partial charge in [-0.15, -0.1) is 0 Å². The van der Waals surface area contributed by atoms with Crippen molar-refractivity contribution in [1.82, 2.24) is 0 Å². The van der Waals surface area contributed by atoms with Crippen LogP contribution < -0.4 is 0 Å². The van der Waals surface area contributed by atoms with Gasteiger partial charge in [0.2, 0.25) is 5.85 Å². The highest BCUT2D eigenvalue weighted by atomic mass is 33.1. The molecule has 0 unspecified atom stereocenters. The molecule has 4 fully saturated rings. The van der Waals surface area contributed by atoms with Crippen molar-refractivity contribution < 1.29 is 27.3 Å². The highest BCUT2D eigenvalue weighted by Crippen LogP contribution is 2.64. The van der Waals surface area contributed by atoms with Crippen molar-refractivity contribution >= 4 is 25.7 Å². The van der Waals surface area contributed by atoms with Gasteiger partial charge in [-0.3, -0.25) is 9.35 Å². The summed E-state index contributed by atoms with van der Waals surface area (Å²) in [4.78, 5) is 12.7. The van der Waals surface area contributed by atoms with Crippen LogP contribution in [0, 0.1) is 40.9 Å². The van der Waals surface area contributed by atoms with Crippen molar-refractivity contribution in [3.63, 3.8) is 0 Å². The number of halogens is 1. The van der Waals surface area contributed by atoms with Crippen LogP contribution in [-0.4, -0.2) is 35.5 Å². The van der Waals surface area contributed by atoms with Crippen LogP contribution in [0.4, 0.5) is 4.39 Å². The van der Waals surface area contributed by atoms with Crippen molar-refractivity contribution in [2.75, 3.05) is 5.75 Å². The molecule has 0 aromatic carbocycles. The second kappa shape index (κ2) is 7.20. The normalized spacial score (nSPS) is 48.4.